The van der Waals surface area contributed by atoms with Gasteiger partial charge in [0, 0.05) is 28.5 Å². The van der Waals surface area contributed by atoms with Gasteiger partial charge in [-0.25, -0.2) is 4.79 Å². The van der Waals surface area contributed by atoms with Gasteiger partial charge >= 0.3 is 6.03 Å². The van der Waals surface area contributed by atoms with Gasteiger partial charge in [-0.3, -0.25) is 4.21 Å². The van der Waals surface area contributed by atoms with E-state index in [9.17, 15) is 9.00 Å². The molecular weight excluding hydrogens is 320 g/mol. The van der Waals surface area contributed by atoms with Gasteiger partial charge in [0.1, 0.15) is 0 Å². The highest BCUT2D eigenvalue weighted by molar-refractivity contribution is 7.84. The summed E-state index contributed by atoms with van der Waals surface area (Å²) in [6.07, 6.45) is 2.65. The van der Waals surface area contributed by atoms with Crippen LogP contribution in [-0.4, -0.2) is 16.5 Å². The number of rotatable bonds is 4. The Morgan fingerprint density at radius 1 is 1.17 bits per heavy atom. The third-order valence-corrected chi connectivity index (χ3v) is 5.43. The van der Waals surface area contributed by atoms with Crippen molar-refractivity contribution in [3.8, 4) is 0 Å². The van der Waals surface area contributed by atoms with E-state index in [-0.39, 0.29) is 12.1 Å². The molecule has 3 atom stereocenters. The largest absolute Gasteiger partial charge is 0.334 e. The molecule has 0 spiro atoms. The summed E-state index contributed by atoms with van der Waals surface area (Å²) in [6.45, 7) is 2.61. The minimum absolute atomic E-state index is 0.0612. The Hall–Kier alpha value is -2.14. The summed E-state index contributed by atoms with van der Waals surface area (Å²) in [5, 5.41) is 5.99. The molecule has 5 heteroatoms. The van der Waals surface area contributed by atoms with E-state index < -0.39 is 10.8 Å². The predicted molar refractivity (Wildman–Crippen MR) is 96.2 cm³/mol. The Labute approximate surface area is 145 Å². The van der Waals surface area contributed by atoms with Gasteiger partial charge in [-0.15, -0.1) is 0 Å². The Bertz CT molecular complexity index is 758. The lowest BCUT2D eigenvalue weighted by molar-refractivity contribution is 0.233. The first-order valence-corrected chi connectivity index (χ1v) is 9.65. The molecule has 4 nitrogen and oxygen atoms in total. The van der Waals surface area contributed by atoms with Crippen LogP contribution in [0.4, 0.5) is 4.79 Å². The Balaban J connectivity index is 1.57. The Kier molecular flexibility index (Phi) is 5.00. The zero-order valence-corrected chi connectivity index (χ0v) is 14.7. The smallest absolute Gasteiger partial charge is 0.315 e. The number of nitrogens with one attached hydrogen (secondary N) is 2. The monoisotopic (exact) mass is 342 g/mol. The molecule has 0 heterocycles. The van der Waals surface area contributed by atoms with Crippen molar-refractivity contribution >= 4 is 16.8 Å². The molecule has 1 aliphatic rings. The molecule has 0 aromatic heterocycles. The molecular formula is C19H22N2O2S. The van der Waals surface area contributed by atoms with Crippen molar-refractivity contribution in [2.24, 2.45) is 5.92 Å². The van der Waals surface area contributed by atoms with Crippen LogP contribution in [0.15, 0.2) is 53.4 Å². The molecule has 2 amide bonds. The van der Waals surface area contributed by atoms with Crippen LogP contribution >= 0.6 is 0 Å². The lowest BCUT2D eigenvalue weighted by Crippen LogP contribution is -2.38. The van der Waals surface area contributed by atoms with Crippen LogP contribution in [0, 0.1) is 5.92 Å². The van der Waals surface area contributed by atoms with Gasteiger partial charge in [0.05, 0.1) is 6.04 Å². The zero-order valence-electron chi connectivity index (χ0n) is 13.9. The standard InChI is InChI=1S/C19H22N2O2S/c1-13-11-15-5-3-4-6-17(15)18(13)21-19(22)20-12-14-7-9-16(10-8-14)24(2)23/h3-10,13,18H,11-12H2,1-2H3,(H2,20,21,22)/t13-,18+,24+/m1/s1. The highest BCUT2D eigenvalue weighted by atomic mass is 32.2. The molecule has 2 aromatic carbocycles. The summed E-state index contributed by atoms with van der Waals surface area (Å²) in [5.41, 5.74) is 3.52. The summed E-state index contributed by atoms with van der Waals surface area (Å²) >= 11 is 0. The van der Waals surface area contributed by atoms with E-state index in [1.54, 1.807) is 6.26 Å². The van der Waals surface area contributed by atoms with E-state index in [1.165, 1.54) is 11.1 Å². The second-order valence-electron chi connectivity index (χ2n) is 6.28. The average Bonchev–Trinajstić information content (AvgIpc) is 2.89. The number of carbonyl (C=O) groups is 1. The number of carbonyl (C=O) groups excluding carboxylic acids is 1. The fourth-order valence-electron chi connectivity index (χ4n) is 3.19. The number of amides is 2. The summed E-state index contributed by atoms with van der Waals surface area (Å²) in [6, 6.07) is 15.6. The molecule has 0 aliphatic heterocycles. The molecule has 1 aliphatic carbocycles. The first-order chi connectivity index (χ1) is 11.5. The second-order valence-corrected chi connectivity index (χ2v) is 7.66. The van der Waals surface area contributed by atoms with Crippen molar-refractivity contribution in [3.05, 3.63) is 65.2 Å². The van der Waals surface area contributed by atoms with Crippen molar-refractivity contribution in [2.45, 2.75) is 30.8 Å². The van der Waals surface area contributed by atoms with Gasteiger partial charge in [-0.05, 0) is 41.2 Å². The Morgan fingerprint density at radius 3 is 2.58 bits per heavy atom. The van der Waals surface area contributed by atoms with Gasteiger partial charge < -0.3 is 10.6 Å². The van der Waals surface area contributed by atoms with Crippen molar-refractivity contribution in [1.82, 2.24) is 10.6 Å². The summed E-state index contributed by atoms with van der Waals surface area (Å²) < 4.78 is 11.4. The number of urea groups is 1. The van der Waals surface area contributed by atoms with E-state index in [4.69, 9.17) is 0 Å². The van der Waals surface area contributed by atoms with Gasteiger partial charge in [-0.2, -0.15) is 0 Å². The van der Waals surface area contributed by atoms with E-state index in [1.807, 2.05) is 36.4 Å². The van der Waals surface area contributed by atoms with Gasteiger partial charge in [0.15, 0.2) is 0 Å². The van der Waals surface area contributed by atoms with Crippen LogP contribution in [0.25, 0.3) is 0 Å². The number of benzene rings is 2. The molecule has 3 rings (SSSR count). The van der Waals surface area contributed by atoms with Crippen LogP contribution in [0.2, 0.25) is 0 Å². The lowest BCUT2D eigenvalue weighted by Gasteiger charge is -2.19. The summed E-state index contributed by atoms with van der Waals surface area (Å²) in [5.74, 6) is 0.395. The number of fused-ring (bicyclic) bond motifs is 1. The molecule has 24 heavy (non-hydrogen) atoms. The molecule has 0 saturated carbocycles. The van der Waals surface area contributed by atoms with Gasteiger partial charge in [-0.1, -0.05) is 43.3 Å². The molecule has 2 aromatic rings. The second kappa shape index (κ2) is 7.18. The maximum atomic E-state index is 12.2. The van der Waals surface area contributed by atoms with Crippen LogP contribution in [0.5, 0.6) is 0 Å². The minimum atomic E-state index is -0.978. The lowest BCUT2D eigenvalue weighted by atomic mass is 10.0. The van der Waals surface area contributed by atoms with Crippen LogP contribution in [0.1, 0.15) is 29.7 Å². The number of hydrogen-bond donors (Lipinski definition) is 2. The highest BCUT2D eigenvalue weighted by Crippen LogP contribution is 2.35. The maximum absolute atomic E-state index is 12.2. The molecule has 2 N–H and O–H groups in total. The zero-order chi connectivity index (χ0) is 17.1. The first-order valence-electron chi connectivity index (χ1n) is 8.09. The van der Waals surface area contributed by atoms with Crippen molar-refractivity contribution in [3.63, 3.8) is 0 Å². The van der Waals surface area contributed by atoms with Gasteiger partial charge in [0.25, 0.3) is 0 Å². The van der Waals surface area contributed by atoms with Gasteiger partial charge in [0.2, 0.25) is 0 Å². The quantitative estimate of drug-likeness (QED) is 0.897. The van der Waals surface area contributed by atoms with Crippen molar-refractivity contribution < 1.29 is 9.00 Å². The Morgan fingerprint density at radius 2 is 1.88 bits per heavy atom. The molecule has 126 valence electrons. The highest BCUT2D eigenvalue weighted by Gasteiger charge is 2.29. The molecule has 0 unspecified atom stereocenters. The SMILES string of the molecule is C[C@@H]1Cc2ccccc2[C@H]1NC(=O)NCc1ccc([S@](C)=O)cc1. The predicted octanol–water partition coefficient (Wildman–Crippen LogP) is 3.16. The van der Waals surface area contributed by atoms with E-state index in [2.05, 4.69) is 29.7 Å². The van der Waals surface area contributed by atoms with Crippen LogP contribution in [-0.2, 0) is 23.8 Å². The van der Waals surface area contributed by atoms with Crippen LogP contribution < -0.4 is 10.6 Å². The van der Waals surface area contributed by atoms with E-state index >= 15 is 0 Å². The third-order valence-electron chi connectivity index (χ3n) is 4.50. The summed E-state index contributed by atoms with van der Waals surface area (Å²) in [4.78, 5) is 13.0. The van der Waals surface area contributed by atoms with E-state index in [0.717, 1.165) is 16.9 Å². The fourth-order valence-corrected chi connectivity index (χ4v) is 3.71. The summed E-state index contributed by atoms with van der Waals surface area (Å²) in [7, 11) is -0.978. The third kappa shape index (κ3) is 3.67. The topological polar surface area (TPSA) is 58.2 Å². The molecule has 0 fully saturated rings. The van der Waals surface area contributed by atoms with Crippen molar-refractivity contribution in [1.29, 1.82) is 0 Å². The maximum Gasteiger partial charge on any atom is 0.315 e. The first kappa shape index (κ1) is 16.7. The average molecular weight is 342 g/mol. The number of hydrogen-bond acceptors (Lipinski definition) is 2. The van der Waals surface area contributed by atoms with Crippen molar-refractivity contribution in [2.75, 3.05) is 6.26 Å². The normalized spacial score (nSPS) is 20.2. The van der Waals surface area contributed by atoms with E-state index in [0.29, 0.717) is 12.5 Å². The molecule has 0 bridgehead atoms. The fraction of sp³-hybridized carbons (Fsp3) is 0.316. The molecule has 0 radical (unpaired) electrons. The minimum Gasteiger partial charge on any atom is -0.334 e. The van der Waals surface area contributed by atoms with Crippen LogP contribution in [0.3, 0.4) is 0 Å². The molecule has 0 saturated heterocycles.